The molecule has 4 rings (SSSR count). The van der Waals surface area contributed by atoms with Crippen molar-refractivity contribution in [1.29, 1.82) is 0 Å². The molecule has 2 aliphatic heterocycles. The summed E-state index contributed by atoms with van der Waals surface area (Å²) in [4.78, 5) is 4.49. The molecule has 0 amide bonds. The van der Waals surface area contributed by atoms with Crippen LogP contribution < -0.4 is 9.47 Å². The fraction of sp³-hybridized carbons (Fsp3) is 0.278. The molecule has 0 aliphatic carbocycles. The lowest BCUT2D eigenvalue weighted by molar-refractivity contribution is 0.0973. The van der Waals surface area contributed by atoms with Crippen LogP contribution in [0.2, 0.25) is 0 Å². The maximum Gasteiger partial charge on any atom is 0.161 e. The van der Waals surface area contributed by atoms with Gasteiger partial charge in [0.2, 0.25) is 0 Å². The van der Waals surface area contributed by atoms with Crippen LogP contribution in [-0.2, 0) is 18.0 Å². The Morgan fingerprint density at radius 1 is 1.05 bits per heavy atom. The van der Waals surface area contributed by atoms with E-state index in [-0.39, 0.29) is 6.10 Å². The average molecular weight is 295 g/mol. The van der Waals surface area contributed by atoms with Crippen molar-refractivity contribution in [3.63, 3.8) is 0 Å². The molecule has 0 N–H and O–H groups in total. The van der Waals surface area contributed by atoms with Gasteiger partial charge in [0, 0.05) is 6.21 Å². The third kappa shape index (κ3) is 2.70. The maximum absolute atomic E-state index is 5.89. The first kappa shape index (κ1) is 13.3. The van der Waals surface area contributed by atoms with E-state index in [4.69, 9.17) is 14.2 Å². The predicted molar refractivity (Wildman–Crippen MR) is 83.7 cm³/mol. The third-order valence-corrected chi connectivity index (χ3v) is 3.86. The number of aliphatic imine (C=N–C) groups is 1. The van der Waals surface area contributed by atoms with Gasteiger partial charge < -0.3 is 14.2 Å². The van der Waals surface area contributed by atoms with Crippen molar-refractivity contribution < 1.29 is 14.2 Å². The monoisotopic (exact) mass is 295 g/mol. The topological polar surface area (TPSA) is 40.0 Å². The van der Waals surface area contributed by atoms with Crippen LogP contribution in [-0.4, -0.2) is 25.5 Å². The van der Waals surface area contributed by atoms with E-state index in [2.05, 4.69) is 23.2 Å². The fourth-order valence-corrected chi connectivity index (χ4v) is 2.70. The Hall–Kier alpha value is -2.33. The van der Waals surface area contributed by atoms with Crippen LogP contribution in [0, 0.1) is 0 Å². The molecule has 2 heterocycles. The molecule has 2 aromatic rings. The molecule has 22 heavy (non-hydrogen) atoms. The van der Waals surface area contributed by atoms with E-state index in [1.165, 1.54) is 11.1 Å². The van der Waals surface area contributed by atoms with E-state index in [1.54, 1.807) is 0 Å². The quantitative estimate of drug-likeness (QED) is 0.817. The van der Waals surface area contributed by atoms with Crippen molar-refractivity contribution in [3.8, 4) is 11.5 Å². The molecular formula is C18H17NO3. The van der Waals surface area contributed by atoms with Gasteiger partial charge in [-0.1, -0.05) is 24.3 Å². The van der Waals surface area contributed by atoms with Gasteiger partial charge in [0.05, 0.1) is 19.8 Å². The van der Waals surface area contributed by atoms with Crippen molar-refractivity contribution in [3.05, 3.63) is 59.2 Å². The number of rotatable bonds is 3. The van der Waals surface area contributed by atoms with Crippen molar-refractivity contribution in [2.24, 2.45) is 4.99 Å². The van der Waals surface area contributed by atoms with E-state index < -0.39 is 0 Å². The number of hydrogen-bond acceptors (Lipinski definition) is 4. The fourth-order valence-electron chi connectivity index (χ4n) is 2.70. The molecule has 1 unspecified atom stereocenters. The molecular weight excluding hydrogens is 278 g/mol. The summed E-state index contributed by atoms with van der Waals surface area (Å²) >= 11 is 0. The van der Waals surface area contributed by atoms with Crippen LogP contribution in [0.4, 0.5) is 0 Å². The van der Waals surface area contributed by atoms with Crippen LogP contribution in [0.25, 0.3) is 0 Å². The maximum atomic E-state index is 5.89. The number of ether oxygens (including phenoxy) is 3. The summed E-state index contributed by atoms with van der Waals surface area (Å²) in [5.74, 6) is 1.60. The molecule has 0 fully saturated rings. The highest BCUT2D eigenvalue weighted by molar-refractivity contribution is 5.80. The van der Waals surface area contributed by atoms with Gasteiger partial charge in [-0.3, -0.25) is 4.99 Å². The molecule has 0 spiro atoms. The van der Waals surface area contributed by atoms with Crippen molar-refractivity contribution in [2.45, 2.75) is 19.3 Å². The molecule has 4 heteroatoms. The Morgan fingerprint density at radius 2 is 1.91 bits per heavy atom. The van der Waals surface area contributed by atoms with Gasteiger partial charge in [0.25, 0.3) is 0 Å². The number of hydrogen-bond donors (Lipinski definition) is 0. The Morgan fingerprint density at radius 3 is 2.86 bits per heavy atom. The Balaban J connectivity index is 1.39. The predicted octanol–water partition coefficient (Wildman–Crippen LogP) is 2.98. The Kier molecular flexibility index (Phi) is 3.52. The van der Waals surface area contributed by atoms with Crippen LogP contribution in [0.3, 0.4) is 0 Å². The zero-order valence-corrected chi connectivity index (χ0v) is 12.2. The van der Waals surface area contributed by atoms with Crippen molar-refractivity contribution in [1.82, 2.24) is 0 Å². The first-order valence-electron chi connectivity index (χ1n) is 7.46. The largest absolute Gasteiger partial charge is 0.486 e. The van der Waals surface area contributed by atoms with Gasteiger partial charge in [-0.2, -0.15) is 0 Å². The molecule has 0 bridgehead atoms. The standard InChI is InChI=1S/C18H17NO3/c1-2-4-18-17(3-1)21-12-16(22-18)9-19-8-13-5-6-14-10-20-11-15(14)7-13/h1-8,16H,9-12H2. The molecule has 0 radical (unpaired) electrons. The summed E-state index contributed by atoms with van der Waals surface area (Å²) in [6.45, 7) is 2.54. The highest BCUT2D eigenvalue weighted by Crippen LogP contribution is 2.30. The molecule has 0 saturated heterocycles. The van der Waals surface area contributed by atoms with Crippen LogP contribution in [0.5, 0.6) is 11.5 Å². The van der Waals surface area contributed by atoms with Crippen molar-refractivity contribution in [2.75, 3.05) is 13.2 Å². The first-order valence-corrected chi connectivity index (χ1v) is 7.46. The average Bonchev–Trinajstić information content (AvgIpc) is 3.02. The van der Waals surface area contributed by atoms with Gasteiger partial charge in [-0.25, -0.2) is 0 Å². The van der Waals surface area contributed by atoms with Crippen molar-refractivity contribution >= 4 is 6.21 Å². The second-order valence-corrected chi connectivity index (χ2v) is 5.51. The molecule has 1 atom stereocenters. The zero-order valence-electron chi connectivity index (χ0n) is 12.2. The summed E-state index contributed by atoms with van der Waals surface area (Å²) in [5, 5.41) is 0. The molecule has 4 nitrogen and oxygen atoms in total. The minimum atomic E-state index is -0.0380. The Labute approximate surface area is 129 Å². The van der Waals surface area contributed by atoms with Crippen LogP contribution in [0.15, 0.2) is 47.5 Å². The van der Waals surface area contributed by atoms with E-state index in [1.807, 2.05) is 30.5 Å². The summed E-state index contributed by atoms with van der Waals surface area (Å²) in [5.41, 5.74) is 3.63. The lowest BCUT2D eigenvalue weighted by atomic mass is 10.1. The number of fused-ring (bicyclic) bond motifs is 2. The van der Waals surface area contributed by atoms with Gasteiger partial charge in [-0.05, 0) is 34.9 Å². The highest BCUT2D eigenvalue weighted by Gasteiger charge is 2.19. The second kappa shape index (κ2) is 5.81. The number of benzene rings is 2. The van der Waals surface area contributed by atoms with Gasteiger partial charge in [-0.15, -0.1) is 0 Å². The summed E-state index contributed by atoms with van der Waals surface area (Å²) in [7, 11) is 0. The summed E-state index contributed by atoms with van der Waals surface area (Å²) in [6.07, 6.45) is 1.85. The third-order valence-electron chi connectivity index (χ3n) is 3.86. The zero-order chi connectivity index (χ0) is 14.8. The second-order valence-electron chi connectivity index (χ2n) is 5.51. The van der Waals surface area contributed by atoms with Gasteiger partial charge in [0.1, 0.15) is 6.61 Å². The molecule has 2 aromatic carbocycles. The van der Waals surface area contributed by atoms with Gasteiger partial charge >= 0.3 is 0 Å². The van der Waals surface area contributed by atoms with E-state index >= 15 is 0 Å². The van der Waals surface area contributed by atoms with Crippen LogP contribution >= 0.6 is 0 Å². The van der Waals surface area contributed by atoms with E-state index in [9.17, 15) is 0 Å². The molecule has 0 saturated carbocycles. The minimum Gasteiger partial charge on any atom is -0.486 e. The summed E-state index contributed by atoms with van der Waals surface area (Å²) in [6, 6.07) is 14.1. The van der Waals surface area contributed by atoms with E-state index in [0.29, 0.717) is 19.8 Å². The normalized spacial score (nSPS) is 19.4. The minimum absolute atomic E-state index is 0.0380. The molecule has 0 aromatic heterocycles. The molecule has 112 valence electrons. The molecule has 2 aliphatic rings. The smallest absolute Gasteiger partial charge is 0.161 e. The number of nitrogens with zero attached hydrogens (tertiary/aromatic N) is 1. The van der Waals surface area contributed by atoms with E-state index in [0.717, 1.165) is 23.7 Å². The summed E-state index contributed by atoms with van der Waals surface area (Å²) < 4.78 is 17.0. The van der Waals surface area contributed by atoms with Gasteiger partial charge in [0.15, 0.2) is 17.6 Å². The highest BCUT2D eigenvalue weighted by atomic mass is 16.6. The van der Waals surface area contributed by atoms with Crippen LogP contribution in [0.1, 0.15) is 16.7 Å². The first-order chi connectivity index (χ1) is 10.9. The lowest BCUT2D eigenvalue weighted by Crippen LogP contribution is -2.31. The Bertz CT molecular complexity index is 711. The lowest BCUT2D eigenvalue weighted by Gasteiger charge is -2.25. The SMILES string of the molecule is C(=NCC1COc2ccccc2O1)c1ccc2c(c1)COC2. The number of para-hydroxylation sites is 2.